The summed E-state index contributed by atoms with van der Waals surface area (Å²) in [4.78, 5) is 42.5. The van der Waals surface area contributed by atoms with Crippen molar-refractivity contribution in [3.8, 4) is 0 Å². The van der Waals surface area contributed by atoms with Crippen molar-refractivity contribution in [2.45, 2.75) is 31.2 Å². The van der Waals surface area contributed by atoms with Gasteiger partial charge in [-0.3, -0.25) is 19.0 Å². The minimum atomic E-state index is -4.21. The Morgan fingerprint density at radius 3 is 2.67 bits per heavy atom. The average Bonchev–Trinajstić information content (AvgIpc) is 3.15. The number of fused-ring (bicyclic) bond motifs is 2. The summed E-state index contributed by atoms with van der Waals surface area (Å²) in [5, 5.41) is 0.386. The zero-order valence-corrected chi connectivity index (χ0v) is 21.3. The van der Waals surface area contributed by atoms with E-state index in [2.05, 4.69) is 36.8 Å². The molecule has 4 rings (SSSR count). The van der Waals surface area contributed by atoms with E-state index >= 15 is 0 Å². The molecular weight excluding hydrogens is 580 g/mol. The minimum absolute atomic E-state index is 0.0425. The third-order valence-corrected chi connectivity index (χ3v) is 8.14. The van der Waals surface area contributed by atoms with E-state index in [1.165, 1.54) is 28.8 Å². The summed E-state index contributed by atoms with van der Waals surface area (Å²) in [5.74, 6) is -0.961. The number of carbonyl (C=O) groups is 2. The van der Waals surface area contributed by atoms with Crippen LogP contribution in [0.5, 0.6) is 0 Å². The van der Waals surface area contributed by atoms with Gasteiger partial charge in [0.2, 0.25) is 11.8 Å². The van der Waals surface area contributed by atoms with Crippen molar-refractivity contribution in [2.24, 2.45) is 0 Å². The van der Waals surface area contributed by atoms with E-state index in [9.17, 15) is 22.8 Å². The number of carbonyl (C=O) groups excluding carboxylic acids is 2. The number of hydrogen-bond donors (Lipinski definition) is 1. The fourth-order valence-electron chi connectivity index (χ4n) is 3.69. The lowest BCUT2D eigenvalue weighted by molar-refractivity contribution is -0.119. The van der Waals surface area contributed by atoms with Crippen molar-refractivity contribution in [1.29, 1.82) is 0 Å². The van der Waals surface area contributed by atoms with Gasteiger partial charge in [-0.2, -0.15) is 0 Å². The molecule has 1 aliphatic heterocycles. The van der Waals surface area contributed by atoms with Crippen molar-refractivity contribution in [3.63, 3.8) is 0 Å². The Hall–Kier alpha value is -2.57. The quantitative estimate of drug-likeness (QED) is 0.483. The normalized spacial score (nSPS) is 13.2. The number of anilines is 1. The molecule has 9 nitrogen and oxygen atoms in total. The van der Waals surface area contributed by atoms with Crippen molar-refractivity contribution in [3.05, 3.63) is 61.5 Å². The van der Waals surface area contributed by atoms with Crippen molar-refractivity contribution >= 4 is 70.3 Å². The maximum Gasteiger partial charge on any atom is 0.265 e. The Labute approximate surface area is 206 Å². The van der Waals surface area contributed by atoms with Gasteiger partial charge < -0.3 is 4.90 Å². The molecule has 0 unspecified atom stereocenters. The smallest absolute Gasteiger partial charge is 0.265 e. The summed E-state index contributed by atoms with van der Waals surface area (Å²) in [6, 6.07) is 8.15. The topological polar surface area (TPSA) is 118 Å². The molecule has 0 aliphatic carbocycles. The summed E-state index contributed by atoms with van der Waals surface area (Å²) >= 11 is 6.57. The predicted octanol–water partition coefficient (Wildman–Crippen LogP) is 2.73. The van der Waals surface area contributed by atoms with Gasteiger partial charge in [-0.05, 0) is 58.2 Å². The van der Waals surface area contributed by atoms with Crippen LogP contribution >= 0.6 is 31.9 Å². The first-order valence-corrected chi connectivity index (χ1v) is 12.9. The average molecular weight is 598 g/mol. The van der Waals surface area contributed by atoms with Crippen LogP contribution in [0.15, 0.2) is 55.3 Å². The van der Waals surface area contributed by atoms with E-state index in [0.29, 0.717) is 34.0 Å². The number of aryl methyl sites for hydroxylation is 1. The molecular formula is C21H18Br2N4O5S. The molecule has 1 N–H and O–H groups in total. The lowest BCUT2D eigenvalue weighted by Crippen LogP contribution is -2.33. The largest absolute Gasteiger partial charge is 0.312 e. The number of benzene rings is 2. The van der Waals surface area contributed by atoms with Gasteiger partial charge in [0.05, 0.1) is 17.2 Å². The third kappa shape index (κ3) is 4.73. The molecule has 1 aliphatic rings. The molecule has 0 bridgehead atoms. The SMILES string of the molecule is CC(=O)N1CCc2cc(Br)c(S(=O)(=O)NC(=O)CCn3cnc4ccc(Br)cc4c3=O)cc21. The van der Waals surface area contributed by atoms with Gasteiger partial charge in [-0.15, -0.1) is 0 Å². The molecule has 0 spiro atoms. The molecule has 0 radical (unpaired) electrons. The van der Waals surface area contributed by atoms with Crippen LogP contribution in [0.4, 0.5) is 5.69 Å². The highest BCUT2D eigenvalue weighted by Crippen LogP contribution is 2.35. The lowest BCUT2D eigenvalue weighted by atomic mass is 10.2. The molecule has 0 atom stereocenters. The summed E-state index contributed by atoms with van der Waals surface area (Å²) in [7, 11) is -4.21. The van der Waals surface area contributed by atoms with E-state index in [-0.39, 0.29) is 29.3 Å². The monoisotopic (exact) mass is 596 g/mol. The van der Waals surface area contributed by atoms with Gasteiger partial charge >= 0.3 is 0 Å². The maximum absolute atomic E-state index is 12.9. The Morgan fingerprint density at radius 2 is 1.94 bits per heavy atom. The number of halogens is 2. The summed E-state index contributed by atoms with van der Waals surface area (Å²) in [5.41, 5.74) is 1.55. The Bertz CT molecular complexity index is 1470. The standard InChI is InChI=1S/C21H18Br2N4O5S/c1-12(28)27-7-4-13-8-16(23)19(10-18(13)27)33(31,32)25-20(29)5-6-26-11-24-17-3-2-14(22)9-15(17)21(26)30/h2-3,8-11H,4-7H2,1H3,(H,25,29). The Balaban J connectivity index is 1.52. The molecule has 3 aromatic rings. The van der Waals surface area contributed by atoms with E-state index in [1.807, 2.05) is 4.72 Å². The first-order chi connectivity index (χ1) is 15.6. The zero-order chi connectivity index (χ0) is 23.9. The van der Waals surface area contributed by atoms with Crippen LogP contribution in [0, 0.1) is 0 Å². The highest BCUT2D eigenvalue weighted by molar-refractivity contribution is 9.10. The van der Waals surface area contributed by atoms with Crippen molar-refractivity contribution in [2.75, 3.05) is 11.4 Å². The van der Waals surface area contributed by atoms with Gasteiger partial charge in [0.1, 0.15) is 4.90 Å². The third-order valence-electron chi connectivity index (χ3n) is 5.31. The van der Waals surface area contributed by atoms with E-state index in [1.54, 1.807) is 24.3 Å². The van der Waals surface area contributed by atoms with Crippen LogP contribution < -0.4 is 15.2 Å². The predicted molar refractivity (Wildman–Crippen MR) is 130 cm³/mol. The molecule has 0 fully saturated rings. The van der Waals surface area contributed by atoms with Crippen LogP contribution in [-0.2, 0) is 32.6 Å². The highest BCUT2D eigenvalue weighted by Gasteiger charge is 2.28. The van der Waals surface area contributed by atoms with Crippen LogP contribution in [-0.4, -0.2) is 36.3 Å². The van der Waals surface area contributed by atoms with Gasteiger partial charge in [0.15, 0.2) is 0 Å². The number of amides is 2. The number of hydrogen-bond acceptors (Lipinski definition) is 6. The first kappa shape index (κ1) is 23.6. The van der Waals surface area contributed by atoms with Crippen LogP contribution in [0.2, 0.25) is 0 Å². The second-order valence-corrected chi connectivity index (χ2v) is 10.9. The fraction of sp³-hybridized carbons (Fsp3) is 0.238. The summed E-state index contributed by atoms with van der Waals surface area (Å²) in [6.45, 7) is 1.84. The second kappa shape index (κ2) is 8.99. The zero-order valence-electron chi connectivity index (χ0n) is 17.3. The van der Waals surface area contributed by atoms with Gasteiger partial charge in [0, 0.05) is 41.1 Å². The number of aromatic nitrogens is 2. The molecule has 2 heterocycles. The summed E-state index contributed by atoms with van der Waals surface area (Å²) in [6.07, 6.45) is 1.70. The Morgan fingerprint density at radius 1 is 1.18 bits per heavy atom. The molecule has 33 heavy (non-hydrogen) atoms. The van der Waals surface area contributed by atoms with Crippen molar-refractivity contribution in [1.82, 2.24) is 14.3 Å². The van der Waals surface area contributed by atoms with Crippen LogP contribution in [0.1, 0.15) is 18.9 Å². The maximum atomic E-state index is 12.9. The van der Waals surface area contributed by atoms with Crippen LogP contribution in [0.3, 0.4) is 0 Å². The van der Waals surface area contributed by atoms with E-state index < -0.39 is 15.9 Å². The Kier molecular flexibility index (Phi) is 6.43. The molecule has 12 heteroatoms. The molecule has 2 aromatic carbocycles. The molecule has 172 valence electrons. The number of nitrogens with one attached hydrogen (secondary N) is 1. The number of rotatable bonds is 5. The van der Waals surface area contributed by atoms with Crippen LogP contribution in [0.25, 0.3) is 10.9 Å². The number of nitrogens with zero attached hydrogens (tertiary/aromatic N) is 3. The lowest BCUT2D eigenvalue weighted by Gasteiger charge is -2.17. The molecule has 2 amide bonds. The van der Waals surface area contributed by atoms with E-state index in [0.717, 1.165) is 10.0 Å². The number of sulfonamides is 1. The molecule has 0 saturated carbocycles. The van der Waals surface area contributed by atoms with Gasteiger partial charge in [0.25, 0.3) is 15.6 Å². The molecule has 1 aromatic heterocycles. The van der Waals surface area contributed by atoms with Gasteiger partial charge in [-0.25, -0.2) is 18.1 Å². The van der Waals surface area contributed by atoms with Crippen molar-refractivity contribution < 1.29 is 18.0 Å². The fourth-order valence-corrected chi connectivity index (χ4v) is 6.17. The van der Waals surface area contributed by atoms with E-state index in [4.69, 9.17) is 0 Å². The second-order valence-electron chi connectivity index (χ2n) is 7.52. The molecule has 0 saturated heterocycles. The minimum Gasteiger partial charge on any atom is -0.312 e. The van der Waals surface area contributed by atoms with Gasteiger partial charge in [-0.1, -0.05) is 15.9 Å². The highest BCUT2D eigenvalue weighted by atomic mass is 79.9. The summed E-state index contributed by atoms with van der Waals surface area (Å²) < 4.78 is 30.1. The first-order valence-electron chi connectivity index (χ1n) is 9.88.